The lowest BCUT2D eigenvalue weighted by molar-refractivity contribution is 0.0177. The van der Waals surface area contributed by atoms with E-state index in [1.54, 1.807) is 0 Å². The van der Waals surface area contributed by atoms with Gasteiger partial charge in [-0.1, -0.05) is 18.6 Å². The molecule has 2 heterocycles. The minimum absolute atomic E-state index is 0.0110. The molecule has 2 fully saturated rings. The van der Waals surface area contributed by atoms with Gasteiger partial charge in [-0.15, -0.1) is 0 Å². The number of carbonyl (C=O) groups is 1. The topological polar surface area (TPSA) is 41.6 Å². The van der Waals surface area contributed by atoms with Crippen LogP contribution in [0.2, 0.25) is 0 Å². The molecule has 1 amide bonds. The number of ether oxygens (including phenoxy) is 1. The first kappa shape index (κ1) is 19.9. The normalized spacial score (nSPS) is 24.1. The Bertz CT molecular complexity index is 808. The lowest BCUT2D eigenvalue weighted by Gasteiger charge is -2.49. The van der Waals surface area contributed by atoms with E-state index in [-0.39, 0.29) is 17.8 Å². The quantitative estimate of drug-likeness (QED) is 0.779. The van der Waals surface area contributed by atoms with Crippen molar-refractivity contribution in [1.29, 1.82) is 0 Å². The van der Waals surface area contributed by atoms with Crippen LogP contribution in [0, 0.1) is 5.82 Å². The third-order valence-electron chi connectivity index (χ3n) is 6.17. The van der Waals surface area contributed by atoms with Gasteiger partial charge < -0.3 is 10.1 Å². The minimum atomic E-state index is -0.190. The summed E-state index contributed by atoms with van der Waals surface area (Å²) in [5.74, 6) is 0.584. The van der Waals surface area contributed by atoms with Gasteiger partial charge in [-0.05, 0) is 74.6 Å². The summed E-state index contributed by atoms with van der Waals surface area (Å²) in [5.41, 5.74) is 1.83. The average Bonchev–Trinajstić information content (AvgIpc) is 2.71. The zero-order chi connectivity index (χ0) is 20.2. The minimum Gasteiger partial charge on any atom is -0.494 e. The van der Waals surface area contributed by atoms with E-state index in [4.69, 9.17) is 4.74 Å². The highest BCUT2D eigenvalue weighted by Gasteiger charge is 2.38. The molecule has 154 valence electrons. The summed E-state index contributed by atoms with van der Waals surface area (Å²) in [4.78, 5) is 15.3. The van der Waals surface area contributed by atoms with E-state index in [1.165, 1.54) is 18.6 Å². The number of nitrogens with one attached hydrogen (secondary N) is 1. The average molecular weight is 397 g/mol. The highest BCUT2D eigenvalue weighted by atomic mass is 19.1. The molecular formula is C24H29FN2O2. The molecule has 2 atom stereocenters. The SMILES string of the molecule is CCOc1ccc(C(=O)NC2C[C@H]3CCC[C@H](C2)N3Cc2ccc(F)cc2)cc1. The predicted molar refractivity (Wildman–Crippen MR) is 111 cm³/mol. The van der Waals surface area contributed by atoms with Crippen LogP contribution in [0.3, 0.4) is 0 Å². The summed E-state index contributed by atoms with van der Waals surface area (Å²) in [7, 11) is 0. The van der Waals surface area contributed by atoms with E-state index in [0.717, 1.165) is 43.5 Å². The number of nitrogens with zero attached hydrogens (tertiary/aromatic N) is 1. The first-order valence-electron chi connectivity index (χ1n) is 10.7. The van der Waals surface area contributed by atoms with Crippen LogP contribution >= 0.6 is 0 Å². The van der Waals surface area contributed by atoms with Gasteiger partial charge in [0.1, 0.15) is 11.6 Å². The number of hydrogen-bond donors (Lipinski definition) is 1. The first-order valence-corrected chi connectivity index (χ1v) is 10.7. The fourth-order valence-electron chi connectivity index (χ4n) is 4.79. The molecule has 29 heavy (non-hydrogen) atoms. The highest BCUT2D eigenvalue weighted by molar-refractivity contribution is 5.94. The zero-order valence-corrected chi connectivity index (χ0v) is 16.9. The molecule has 0 aliphatic carbocycles. The first-order chi connectivity index (χ1) is 14.1. The monoisotopic (exact) mass is 396 g/mol. The summed E-state index contributed by atoms with van der Waals surface area (Å²) in [6.45, 7) is 3.42. The molecule has 2 aliphatic heterocycles. The van der Waals surface area contributed by atoms with E-state index < -0.39 is 0 Å². The Morgan fingerprint density at radius 1 is 1.07 bits per heavy atom. The molecule has 0 unspecified atom stereocenters. The highest BCUT2D eigenvalue weighted by Crippen LogP contribution is 2.35. The van der Waals surface area contributed by atoms with Crippen molar-refractivity contribution in [2.24, 2.45) is 0 Å². The number of carbonyl (C=O) groups excluding carboxylic acids is 1. The Labute approximate surface area is 172 Å². The number of benzene rings is 2. The van der Waals surface area contributed by atoms with Crippen molar-refractivity contribution in [1.82, 2.24) is 10.2 Å². The number of piperidine rings is 2. The Hall–Kier alpha value is -2.40. The van der Waals surface area contributed by atoms with Gasteiger partial charge in [-0.25, -0.2) is 4.39 Å². The molecule has 0 radical (unpaired) electrons. The molecule has 0 spiro atoms. The lowest BCUT2D eigenvalue weighted by atomic mass is 9.81. The van der Waals surface area contributed by atoms with E-state index >= 15 is 0 Å². The molecule has 2 bridgehead atoms. The number of hydrogen-bond acceptors (Lipinski definition) is 3. The Morgan fingerprint density at radius 3 is 2.34 bits per heavy atom. The second kappa shape index (κ2) is 8.95. The second-order valence-electron chi connectivity index (χ2n) is 8.14. The smallest absolute Gasteiger partial charge is 0.251 e. The van der Waals surface area contributed by atoms with Crippen molar-refractivity contribution >= 4 is 5.91 Å². The van der Waals surface area contributed by atoms with Gasteiger partial charge in [-0.3, -0.25) is 9.69 Å². The van der Waals surface area contributed by atoms with Crippen molar-refractivity contribution in [3.8, 4) is 5.75 Å². The van der Waals surface area contributed by atoms with Crippen LogP contribution in [0.25, 0.3) is 0 Å². The summed E-state index contributed by atoms with van der Waals surface area (Å²) < 4.78 is 18.7. The Morgan fingerprint density at radius 2 is 1.72 bits per heavy atom. The van der Waals surface area contributed by atoms with Crippen molar-refractivity contribution < 1.29 is 13.9 Å². The summed E-state index contributed by atoms with van der Waals surface area (Å²) >= 11 is 0. The van der Waals surface area contributed by atoms with Gasteiger partial charge in [0, 0.05) is 30.2 Å². The number of fused-ring (bicyclic) bond motifs is 2. The molecule has 0 aromatic heterocycles. The second-order valence-corrected chi connectivity index (χ2v) is 8.14. The van der Waals surface area contributed by atoms with Crippen LogP contribution in [0.15, 0.2) is 48.5 Å². The fourth-order valence-corrected chi connectivity index (χ4v) is 4.79. The molecule has 2 aromatic carbocycles. The van der Waals surface area contributed by atoms with E-state index in [2.05, 4.69) is 10.2 Å². The molecular weight excluding hydrogens is 367 g/mol. The zero-order valence-electron chi connectivity index (χ0n) is 16.9. The van der Waals surface area contributed by atoms with Crippen molar-refractivity contribution in [3.63, 3.8) is 0 Å². The maximum absolute atomic E-state index is 13.2. The molecule has 2 aromatic rings. The van der Waals surface area contributed by atoms with E-state index in [9.17, 15) is 9.18 Å². The molecule has 1 N–H and O–H groups in total. The van der Waals surface area contributed by atoms with Crippen LogP contribution in [0.4, 0.5) is 4.39 Å². The molecule has 0 saturated carbocycles. The van der Waals surface area contributed by atoms with Crippen molar-refractivity contribution in [2.45, 2.75) is 63.7 Å². The molecule has 2 aliphatic rings. The standard InChI is InChI=1S/C24H29FN2O2/c1-2-29-23-12-8-18(9-13-23)24(28)26-20-14-21-4-3-5-22(15-20)27(21)16-17-6-10-19(25)11-7-17/h6-13,20-22H,2-5,14-16H2,1H3,(H,26,28)/t21-,22-/m1/s1. The van der Waals surface area contributed by atoms with Gasteiger partial charge in [-0.2, -0.15) is 0 Å². The van der Waals surface area contributed by atoms with Crippen LogP contribution in [-0.2, 0) is 6.54 Å². The number of amides is 1. The Balaban J connectivity index is 1.37. The summed E-state index contributed by atoms with van der Waals surface area (Å²) in [6, 6.07) is 15.3. The maximum atomic E-state index is 13.2. The number of rotatable bonds is 6. The largest absolute Gasteiger partial charge is 0.494 e. The van der Waals surface area contributed by atoms with Crippen molar-refractivity contribution in [3.05, 3.63) is 65.5 Å². The van der Waals surface area contributed by atoms with Crippen LogP contribution in [0.1, 0.15) is 54.9 Å². The van der Waals surface area contributed by atoms with E-state index in [0.29, 0.717) is 24.3 Å². The van der Waals surface area contributed by atoms with Gasteiger partial charge >= 0.3 is 0 Å². The predicted octanol–water partition coefficient (Wildman–Crippen LogP) is 4.54. The maximum Gasteiger partial charge on any atom is 0.251 e. The Kier molecular flexibility index (Phi) is 6.14. The fraction of sp³-hybridized carbons (Fsp3) is 0.458. The summed E-state index contributed by atoms with van der Waals surface area (Å²) in [5, 5.41) is 3.25. The summed E-state index contributed by atoms with van der Waals surface area (Å²) in [6.07, 6.45) is 5.51. The van der Waals surface area contributed by atoms with Crippen LogP contribution in [-0.4, -0.2) is 35.5 Å². The van der Waals surface area contributed by atoms with Gasteiger partial charge in [0.2, 0.25) is 0 Å². The molecule has 4 rings (SSSR count). The lowest BCUT2D eigenvalue weighted by Crippen LogP contribution is -2.56. The van der Waals surface area contributed by atoms with Crippen LogP contribution < -0.4 is 10.1 Å². The molecule has 4 nitrogen and oxygen atoms in total. The third kappa shape index (κ3) is 4.78. The molecule has 2 saturated heterocycles. The van der Waals surface area contributed by atoms with Crippen LogP contribution in [0.5, 0.6) is 5.75 Å². The van der Waals surface area contributed by atoms with E-state index in [1.807, 2.05) is 43.3 Å². The van der Waals surface area contributed by atoms with Gasteiger partial charge in [0.25, 0.3) is 5.91 Å². The number of halogens is 1. The van der Waals surface area contributed by atoms with Crippen molar-refractivity contribution in [2.75, 3.05) is 6.61 Å². The van der Waals surface area contributed by atoms with Gasteiger partial charge in [0.05, 0.1) is 6.61 Å². The third-order valence-corrected chi connectivity index (χ3v) is 6.17. The van der Waals surface area contributed by atoms with Gasteiger partial charge in [0.15, 0.2) is 0 Å². The molecule has 5 heteroatoms.